The number of methoxy groups -OCH3 is 1. The summed E-state index contributed by atoms with van der Waals surface area (Å²) >= 11 is 5.90. The number of hydrogen-bond acceptors (Lipinski definition) is 3. The lowest BCUT2D eigenvalue weighted by Crippen LogP contribution is -2.08. The molecule has 0 saturated carbocycles. The van der Waals surface area contributed by atoms with Gasteiger partial charge in [-0.2, -0.15) is 0 Å². The van der Waals surface area contributed by atoms with Crippen molar-refractivity contribution in [2.45, 2.75) is 19.8 Å². The minimum Gasteiger partial charge on any atom is -0.494 e. The Morgan fingerprint density at radius 3 is 2.81 bits per heavy atom. The van der Waals surface area contributed by atoms with E-state index >= 15 is 0 Å². The van der Waals surface area contributed by atoms with E-state index in [9.17, 15) is 4.79 Å². The molecule has 1 aromatic rings. The summed E-state index contributed by atoms with van der Waals surface area (Å²) in [5, 5.41) is 0.410. The van der Waals surface area contributed by atoms with Crippen LogP contribution >= 0.6 is 11.6 Å². The number of carbonyl (C=O) groups is 1. The van der Waals surface area contributed by atoms with Gasteiger partial charge in [-0.15, -0.1) is 0 Å². The molecule has 0 atom stereocenters. The van der Waals surface area contributed by atoms with Gasteiger partial charge in [0.15, 0.2) is 5.75 Å². The summed E-state index contributed by atoms with van der Waals surface area (Å²) in [7, 11) is 1.48. The van der Waals surface area contributed by atoms with Crippen molar-refractivity contribution in [2.75, 3.05) is 13.7 Å². The second-order valence-corrected chi connectivity index (χ2v) is 3.72. The third-order valence-electron chi connectivity index (χ3n) is 2.12. The van der Waals surface area contributed by atoms with Crippen molar-refractivity contribution >= 4 is 17.6 Å². The van der Waals surface area contributed by atoms with Crippen LogP contribution in [-0.4, -0.2) is 19.7 Å². The van der Waals surface area contributed by atoms with E-state index in [0.717, 1.165) is 12.8 Å². The minimum absolute atomic E-state index is 0.366. The van der Waals surface area contributed by atoms with Crippen LogP contribution in [0.5, 0.6) is 5.75 Å². The molecule has 0 aliphatic heterocycles. The van der Waals surface area contributed by atoms with E-state index in [4.69, 9.17) is 21.1 Å². The SMILES string of the molecule is CCCCOC(=O)c1cccc(Cl)c1OC. The van der Waals surface area contributed by atoms with Crippen LogP contribution in [0.25, 0.3) is 0 Å². The molecule has 0 radical (unpaired) electrons. The molecule has 0 aliphatic rings. The van der Waals surface area contributed by atoms with Gasteiger partial charge >= 0.3 is 5.97 Å². The average molecular weight is 243 g/mol. The van der Waals surface area contributed by atoms with Gasteiger partial charge in [-0.1, -0.05) is 31.0 Å². The maximum Gasteiger partial charge on any atom is 0.341 e. The van der Waals surface area contributed by atoms with Crippen LogP contribution in [0.3, 0.4) is 0 Å². The van der Waals surface area contributed by atoms with Gasteiger partial charge in [-0.3, -0.25) is 0 Å². The van der Waals surface area contributed by atoms with Crippen molar-refractivity contribution in [1.29, 1.82) is 0 Å². The van der Waals surface area contributed by atoms with Gasteiger partial charge in [-0.05, 0) is 18.6 Å². The Hall–Kier alpha value is -1.22. The van der Waals surface area contributed by atoms with Crippen LogP contribution in [0.15, 0.2) is 18.2 Å². The zero-order valence-corrected chi connectivity index (χ0v) is 10.2. The highest BCUT2D eigenvalue weighted by molar-refractivity contribution is 6.32. The van der Waals surface area contributed by atoms with Crippen LogP contribution in [0, 0.1) is 0 Å². The Morgan fingerprint density at radius 1 is 1.44 bits per heavy atom. The maximum absolute atomic E-state index is 11.7. The number of benzene rings is 1. The molecule has 0 amide bonds. The minimum atomic E-state index is -0.396. The van der Waals surface area contributed by atoms with Crippen LogP contribution in [0.4, 0.5) is 0 Å². The fourth-order valence-electron chi connectivity index (χ4n) is 1.26. The van der Waals surface area contributed by atoms with E-state index < -0.39 is 5.97 Å². The Kier molecular flexibility index (Phi) is 5.12. The molecule has 0 aromatic heterocycles. The number of esters is 1. The summed E-state index contributed by atoms with van der Waals surface area (Å²) in [6.45, 7) is 2.46. The largest absolute Gasteiger partial charge is 0.494 e. The fraction of sp³-hybridized carbons (Fsp3) is 0.417. The number of hydrogen-bond donors (Lipinski definition) is 0. The van der Waals surface area contributed by atoms with E-state index in [2.05, 4.69) is 0 Å². The lowest BCUT2D eigenvalue weighted by atomic mass is 10.2. The quantitative estimate of drug-likeness (QED) is 0.587. The van der Waals surface area contributed by atoms with E-state index in [1.165, 1.54) is 7.11 Å². The van der Waals surface area contributed by atoms with Gasteiger partial charge < -0.3 is 9.47 Å². The normalized spacial score (nSPS) is 9.94. The summed E-state index contributed by atoms with van der Waals surface area (Å²) in [6.07, 6.45) is 1.84. The highest BCUT2D eigenvalue weighted by atomic mass is 35.5. The molecule has 0 N–H and O–H groups in total. The Bertz CT molecular complexity index is 363. The van der Waals surface area contributed by atoms with Crippen molar-refractivity contribution < 1.29 is 14.3 Å². The number of para-hydroxylation sites is 1. The van der Waals surface area contributed by atoms with Crippen LogP contribution in [0.1, 0.15) is 30.1 Å². The van der Waals surface area contributed by atoms with Crippen LogP contribution < -0.4 is 4.74 Å². The van der Waals surface area contributed by atoms with Crippen molar-refractivity contribution in [3.05, 3.63) is 28.8 Å². The molecule has 3 nitrogen and oxygen atoms in total. The zero-order chi connectivity index (χ0) is 12.0. The molecule has 1 rings (SSSR count). The number of rotatable bonds is 5. The van der Waals surface area contributed by atoms with Gasteiger partial charge in [-0.25, -0.2) is 4.79 Å². The van der Waals surface area contributed by atoms with Crippen LogP contribution in [-0.2, 0) is 4.74 Å². The first kappa shape index (κ1) is 12.8. The molecule has 1 aromatic carbocycles. The molecule has 16 heavy (non-hydrogen) atoms. The van der Waals surface area contributed by atoms with E-state index in [1.807, 2.05) is 6.92 Å². The third-order valence-corrected chi connectivity index (χ3v) is 2.42. The van der Waals surface area contributed by atoms with Crippen molar-refractivity contribution in [3.63, 3.8) is 0 Å². The van der Waals surface area contributed by atoms with Crippen molar-refractivity contribution in [1.82, 2.24) is 0 Å². The molecule has 0 bridgehead atoms. The summed E-state index contributed by atoms with van der Waals surface area (Å²) in [5.74, 6) is -0.0292. The lowest BCUT2D eigenvalue weighted by molar-refractivity contribution is 0.0496. The lowest BCUT2D eigenvalue weighted by Gasteiger charge is -2.09. The standard InChI is InChI=1S/C12H15ClO3/c1-3-4-8-16-12(14)9-6-5-7-10(13)11(9)15-2/h5-7H,3-4,8H2,1-2H3. The summed E-state index contributed by atoms with van der Waals surface area (Å²) in [6, 6.07) is 5.00. The molecule has 0 heterocycles. The molecule has 4 heteroatoms. The highest BCUT2D eigenvalue weighted by Gasteiger charge is 2.15. The second kappa shape index (κ2) is 6.38. The first-order valence-electron chi connectivity index (χ1n) is 5.20. The van der Waals surface area contributed by atoms with Crippen molar-refractivity contribution in [2.24, 2.45) is 0 Å². The number of carbonyl (C=O) groups excluding carboxylic acids is 1. The first-order chi connectivity index (χ1) is 7.70. The van der Waals surface area contributed by atoms with Gasteiger partial charge in [0.25, 0.3) is 0 Å². The Balaban J connectivity index is 2.78. The van der Waals surface area contributed by atoms with E-state index in [1.54, 1.807) is 18.2 Å². The Morgan fingerprint density at radius 2 is 2.19 bits per heavy atom. The summed E-state index contributed by atoms with van der Waals surface area (Å²) < 4.78 is 10.2. The first-order valence-corrected chi connectivity index (χ1v) is 5.58. The number of ether oxygens (including phenoxy) is 2. The third kappa shape index (κ3) is 3.14. The number of halogens is 1. The fourth-order valence-corrected chi connectivity index (χ4v) is 1.52. The monoisotopic (exact) mass is 242 g/mol. The highest BCUT2D eigenvalue weighted by Crippen LogP contribution is 2.28. The summed E-state index contributed by atoms with van der Waals surface area (Å²) in [4.78, 5) is 11.7. The van der Waals surface area contributed by atoms with E-state index in [-0.39, 0.29) is 0 Å². The average Bonchev–Trinajstić information content (AvgIpc) is 2.29. The molecule has 0 fully saturated rings. The second-order valence-electron chi connectivity index (χ2n) is 3.31. The number of unbranched alkanes of at least 4 members (excludes halogenated alkanes) is 1. The smallest absolute Gasteiger partial charge is 0.341 e. The van der Waals surface area contributed by atoms with Gasteiger partial charge in [0.2, 0.25) is 0 Å². The van der Waals surface area contributed by atoms with Crippen molar-refractivity contribution in [3.8, 4) is 5.75 Å². The molecule has 0 spiro atoms. The molecular formula is C12H15ClO3. The zero-order valence-electron chi connectivity index (χ0n) is 9.46. The molecule has 0 unspecified atom stereocenters. The topological polar surface area (TPSA) is 35.5 Å². The van der Waals surface area contributed by atoms with Gasteiger partial charge in [0.05, 0.1) is 18.7 Å². The van der Waals surface area contributed by atoms with Gasteiger partial charge in [0, 0.05) is 0 Å². The molecule has 88 valence electrons. The van der Waals surface area contributed by atoms with Crippen LogP contribution in [0.2, 0.25) is 5.02 Å². The predicted molar refractivity (Wildman–Crippen MR) is 63.2 cm³/mol. The Labute approximate surface area is 100 Å². The van der Waals surface area contributed by atoms with Gasteiger partial charge in [0.1, 0.15) is 5.56 Å². The molecule has 0 saturated heterocycles. The summed E-state index contributed by atoms with van der Waals surface area (Å²) in [5.41, 5.74) is 0.367. The molecule has 0 aliphatic carbocycles. The van der Waals surface area contributed by atoms with E-state index in [0.29, 0.717) is 22.9 Å². The molecular weight excluding hydrogens is 228 g/mol. The maximum atomic E-state index is 11.7. The predicted octanol–water partition coefficient (Wildman–Crippen LogP) is 3.31.